The van der Waals surface area contributed by atoms with E-state index in [-0.39, 0.29) is 23.6 Å². The van der Waals surface area contributed by atoms with E-state index in [0.29, 0.717) is 18.3 Å². The number of rotatable bonds is 5. The Labute approximate surface area is 117 Å². The highest BCUT2D eigenvalue weighted by Crippen LogP contribution is 2.53. The second kappa shape index (κ2) is 5.82. The summed E-state index contributed by atoms with van der Waals surface area (Å²) in [6.07, 6.45) is 5.35. The Morgan fingerprint density at radius 2 is 2.21 bits per heavy atom. The molecule has 2 rings (SSSR count). The smallest absolute Gasteiger partial charge is 0.306 e. The first-order valence-electron chi connectivity index (χ1n) is 7.78. The topological polar surface area (TPSA) is 35.5 Å². The number of carbonyl (C=O) groups is 1. The molecule has 19 heavy (non-hydrogen) atoms. The highest BCUT2D eigenvalue weighted by molar-refractivity contribution is 5.70. The monoisotopic (exact) mass is 268 g/mol. The number of ether oxygens (including phenoxy) is 2. The van der Waals surface area contributed by atoms with Crippen molar-refractivity contribution in [1.29, 1.82) is 0 Å². The van der Waals surface area contributed by atoms with E-state index in [0.717, 1.165) is 32.3 Å². The van der Waals surface area contributed by atoms with Crippen molar-refractivity contribution >= 4 is 5.97 Å². The molecule has 0 spiro atoms. The molecule has 4 unspecified atom stereocenters. The van der Waals surface area contributed by atoms with Crippen LogP contribution in [0, 0.1) is 17.3 Å². The molecule has 3 nitrogen and oxygen atoms in total. The minimum Gasteiger partial charge on any atom is -0.461 e. The third-order valence-corrected chi connectivity index (χ3v) is 4.78. The highest BCUT2D eigenvalue weighted by Gasteiger charge is 2.60. The minimum absolute atomic E-state index is 0.0191. The standard InChI is InChI=1S/C16H28O3/c1-5-7-11(2)10-13(17)19-15-12-8-6-9-18-14(12)16(15,3)4/h11-12,14-15H,5-10H2,1-4H3. The predicted octanol–water partition coefficient (Wildman–Crippen LogP) is 3.56. The van der Waals surface area contributed by atoms with Crippen LogP contribution in [0.3, 0.4) is 0 Å². The maximum absolute atomic E-state index is 12.0. The largest absolute Gasteiger partial charge is 0.461 e. The molecule has 0 bridgehead atoms. The lowest BCUT2D eigenvalue weighted by Crippen LogP contribution is -2.65. The molecule has 110 valence electrons. The number of fused-ring (bicyclic) bond motifs is 1. The first-order valence-corrected chi connectivity index (χ1v) is 7.78. The van der Waals surface area contributed by atoms with Gasteiger partial charge in [0.1, 0.15) is 6.10 Å². The Morgan fingerprint density at radius 1 is 1.47 bits per heavy atom. The maximum atomic E-state index is 12.0. The van der Waals surface area contributed by atoms with Crippen LogP contribution in [0.15, 0.2) is 0 Å². The van der Waals surface area contributed by atoms with Gasteiger partial charge in [0.15, 0.2) is 0 Å². The lowest BCUT2D eigenvalue weighted by molar-refractivity contribution is -0.255. The molecule has 0 aromatic rings. The molecular formula is C16H28O3. The van der Waals surface area contributed by atoms with Crippen LogP contribution < -0.4 is 0 Å². The van der Waals surface area contributed by atoms with Crippen LogP contribution in [-0.2, 0) is 14.3 Å². The van der Waals surface area contributed by atoms with Crippen molar-refractivity contribution in [1.82, 2.24) is 0 Å². The molecule has 3 heteroatoms. The first-order chi connectivity index (χ1) is 8.96. The van der Waals surface area contributed by atoms with Crippen LogP contribution in [0.1, 0.15) is 59.8 Å². The van der Waals surface area contributed by atoms with Crippen molar-refractivity contribution in [3.05, 3.63) is 0 Å². The van der Waals surface area contributed by atoms with Gasteiger partial charge in [0, 0.05) is 24.4 Å². The molecular weight excluding hydrogens is 240 g/mol. The van der Waals surface area contributed by atoms with Crippen LogP contribution in [0.25, 0.3) is 0 Å². The maximum Gasteiger partial charge on any atom is 0.306 e. The van der Waals surface area contributed by atoms with Crippen molar-refractivity contribution in [2.24, 2.45) is 17.3 Å². The third kappa shape index (κ3) is 2.96. The SMILES string of the molecule is CCCC(C)CC(=O)OC1C2CCCOC2C1(C)C. The number of hydrogen-bond acceptors (Lipinski definition) is 3. The molecule has 1 aliphatic carbocycles. The van der Waals surface area contributed by atoms with E-state index in [2.05, 4.69) is 27.7 Å². The van der Waals surface area contributed by atoms with Gasteiger partial charge in [-0.2, -0.15) is 0 Å². The third-order valence-electron chi connectivity index (χ3n) is 4.78. The van der Waals surface area contributed by atoms with Crippen LogP contribution >= 0.6 is 0 Å². The zero-order valence-corrected chi connectivity index (χ0v) is 12.8. The number of carbonyl (C=O) groups excluding carboxylic acids is 1. The Hall–Kier alpha value is -0.570. The van der Waals surface area contributed by atoms with Gasteiger partial charge in [0.05, 0.1) is 6.10 Å². The highest BCUT2D eigenvalue weighted by atomic mass is 16.6. The Morgan fingerprint density at radius 3 is 2.89 bits per heavy atom. The molecule has 1 heterocycles. The minimum atomic E-state index is -0.0250. The second-order valence-corrected chi connectivity index (χ2v) is 6.93. The van der Waals surface area contributed by atoms with Gasteiger partial charge in [-0.3, -0.25) is 4.79 Å². The van der Waals surface area contributed by atoms with E-state index in [1.54, 1.807) is 0 Å². The summed E-state index contributed by atoms with van der Waals surface area (Å²) in [5.41, 5.74) is -0.0191. The molecule has 0 amide bonds. The molecule has 4 atom stereocenters. The van der Waals surface area contributed by atoms with E-state index >= 15 is 0 Å². The van der Waals surface area contributed by atoms with Gasteiger partial charge in [0.2, 0.25) is 0 Å². The van der Waals surface area contributed by atoms with Crippen LogP contribution in [0.2, 0.25) is 0 Å². The summed E-state index contributed by atoms with van der Waals surface area (Å²) < 4.78 is 11.6. The quantitative estimate of drug-likeness (QED) is 0.715. The summed E-state index contributed by atoms with van der Waals surface area (Å²) in [5, 5.41) is 0. The fraction of sp³-hybridized carbons (Fsp3) is 0.938. The molecule has 2 aliphatic rings. The second-order valence-electron chi connectivity index (χ2n) is 6.93. The summed E-state index contributed by atoms with van der Waals surface area (Å²) in [6.45, 7) is 9.46. The van der Waals surface area contributed by atoms with E-state index < -0.39 is 0 Å². The van der Waals surface area contributed by atoms with Crippen LogP contribution in [-0.4, -0.2) is 24.8 Å². The Balaban J connectivity index is 1.86. The van der Waals surface area contributed by atoms with E-state index in [9.17, 15) is 4.79 Å². The molecule has 1 aliphatic heterocycles. The molecule has 2 fully saturated rings. The Kier molecular flexibility index (Phi) is 4.54. The van der Waals surface area contributed by atoms with Crippen molar-refractivity contribution in [2.45, 2.75) is 72.0 Å². The van der Waals surface area contributed by atoms with Crippen molar-refractivity contribution in [2.75, 3.05) is 6.61 Å². The molecule has 0 radical (unpaired) electrons. The predicted molar refractivity (Wildman–Crippen MR) is 74.8 cm³/mol. The normalized spacial score (nSPS) is 34.0. The van der Waals surface area contributed by atoms with Crippen molar-refractivity contribution < 1.29 is 14.3 Å². The summed E-state index contributed by atoms with van der Waals surface area (Å²) >= 11 is 0. The van der Waals surface area contributed by atoms with Crippen molar-refractivity contribution in [3.8, 4) is 0 Å². The van der Waals surface area contributed by atoms with E-state index in [4.69, 9.17) is 9.47 Å². The summed E-state index contributed by atoms with van der Waals surface area (Å²) in [5.74, 6) is 0.830. The Bertz CT molecular complexity index is 324. The summed E-state index contributed by atoms with van der Waals surface area (Å²) in [6, 6.07) is 0. The van der Waals surface area contributed by atoms with Crippen molar-refractivity contribution in [3.63, 3.8) is 0 Å². The van der Waals surface area contributed by atoms with Gasteiger partial charge < -0.3 is 9.47 Å². The van der Waals surface area contributed by atoms with Gasteiger partial charge in [-0.15, -0.1) is 0 Å². The molecule has 0 aromatic carbocycles. The number of hydrogen-bond donors (Lipinski definition) is 0. The average Bonchev–Trinajstić information content (AvgIpc) is 2.36. The van der Waals surface area contributed by atoms with Crippen LogP contribution in [0.5, 0.6) is 0 Å². The average molecular weight is 268 g/mol. The summed E-state index contributed by atoms with van der Waals surface area (Å²) in [4.78, 5) is 12.0. The van der Waals surface area contributed by atoms with Gasteiger partial charge >= 0.3 is 5.97 Å². The van der Waals surface area contributed by atoms with Gasteiger partial charge in [-0.05, 0) is 18.8 Å². The van der Waals surface area contributed by atoms with Gasteiger partial charge in [0.25, 0.3) is 0 Å². The lowest BCUT2D eigenvalue weighted by Gasteiger charge is -2.58. The lowest BCUT2D eigenvalue weighted by atomic mass is 9.57. The van der Waals surface area contributed by atoms with Gasteiger partial charge in [-0.25, -0.2) is 0 Å². The summed E-state index contributed by atoms with van der Waals surface area (Å²) in [7, 11) is 0. The number of esters is 1. The van der Waals surface area contributed by atoms with Gasteiger partial charge in [-0.1, -0.05) is 40.5 Å². The first kappa shape index (κ1) is 14.8. The zero-order chi connectivity index (χ0) is 14.0. The van der Waals surface area contributed by atoms with E-state index in [1.807, 2.05) is 0 Å². The molecule has 1 saturated heterocycles. The van der Waals surface area contributed by atoms with E-state index in [1.165, 1.54) is 0 Å². The molecule has 1 saturated carbocycles. The zero-order valence-electron chi connectivity index (χ0n) is 12.8. The molecule has 0 aromatic heterocycles. The molecule has 0 N–H and O–H groups in total. The fourth-order valence-electron chi connectivity index (χ4n) is 3.78. The fourth-order valence-corrected chi connectivity index (χ4v) is 3.78. The van der Waals surface area contributed by atoms with Crippen LogP contribution in [0.4, 0.5) is 0 Å².